The van der Waals surface area contributed by atoms with Crippen LogP contribution in [0.5, 0.6) is 5.75 Å². The van der Waals surface area contributed by atoms with Crippen LogP contribution in [0.3, 0.4) is 0 Å². The van der Waals surface area contributed by atoms with Gasteiger partial charge in [-0.15, -0.1) is 0 Å². The van der Waals surface area contributed by atoms with Crippen LogP contribution in [0.25, 0.3) is 10.8 Å². The normalized spacial score (nSPS) is 13.7. The summed E-state index contributed by atoms with van der Waals surface area (Å²) in [5, 5.41) is 5.01. The van der Waals surface area contributed by atoms with Crippen molar-refractivity contribution < 1.29 is 14.3 Å². The number of nitrogens with one attached hydrogen (secondary N) is 1. The fourth-order valence-electron chi connectivity index (χ4n) is 3.02. The molecule has 2 rings (SSSR count). The van der Waals surface area contributed by atoms with Gasteiger partial charge in [0.1, 0.15) is 11.4 Å². The summed E-state index contributed by atoms with van der Waals surface area (Å²) in [6.07, 6.45) is 1.61. The fraction of sp³-hybridized carbons (Fsp3) is 0.476. The molecule has 0 saturated carbocycles. The summed E-state index contributed by atoms with van der Waals surface area (Å²) >= 11 is 0. The third-order valence-electron chi connectivity index (χ3n) is 4.32. The van der Waals surface area contributed by atoms with Gasteiger partial charge in [-0.3, -0.25) is 4.79 Å². The summed E-state index contributed by atoms with van der Waals surface area (Å²) in [6, 6.07) is 11.8. The Morgan fingerprint density at radius 2 is 1.84 bits per heavy atom. The highest BCUT2D eigenvalue weighted by molar-refractivity contribution is 6.06. The molecule has 0 bridgehead atoms. The number of hydrogen-bond donors (Lipinski definition) is 1. The Bertz CT molecular complexity index is 726. The van der Waals surface area contributed by atoms with E-state index in [-0.39, 0.29) is 5.91 Å². The average molecular weight is 343 g/mol. The minimum Gasteiger partial charge on any atom is -0.493 e. The van der Waals surface area contributed by atoms with Crippen molar-refractivity contribution in [1.82, 2.24) is 0 Å². The van der Waals surface area contributed by atoms with Gasteiger partial charge >= 0.3 is 0 Å². The molecule has 1 atom stereocenters. The van der Waals surface area contributed by atoms with E-state index in [4.69, 9.17) is 9.47 Å². The molecule has 0 aromatic heterocycles. The fourth-order valence-corrected chi connectivity index (χ4v) is 3.02. The molecule has 136 valence electrons. The van der Waals surface area contributed by atoms with Gasteiger partial charge in [-0.2, -0.15) is 0 Å². The number of amides is 1. The van der Waals surface area contributed by atoms with E-state index in [2.05, 4.69) is 26.1 Å². The molecule has 0 saturated heterocycles. The van der Waals surface area contributed by atoms with Crippen molar-refractivity contribution in [1.29, 1.82) is 0 Å². The third kappa shape index (κ3) is 4.51. The van der Waals surface area contributed by atoms with Crippen molar-refractivity contribution in [3.63, 3.8) is 0 Å². The van der Waals surface area contributed by atoms with Crippen LogP contribution in [0, 0.1) is 5.92 Å². The van der Waals surface area contributed by atoms with E-state index in [9.17, 15) is 4.79 Å². The van der Waals surface area contributed by atoms with Gasteiger partial charge in [-0.05, 0) is 37.8 Å². The van der Waals surface area contributed by atoms with Crippen LogP contribution in [0.15, 0.2) is 36.4 Å². The molecule has 0 aliphatic carbocycles. The molecular formula is C21H29NO3. The zero-order valence-corrected chi connectivity index (χ0v) is 15.9. The molecular weight excluding hydrogens is 314 g/mol. The van der Waals surface area contributed by atoms with E-state index >= 15 is 0 Å². The van der Waals surface area contributed by atoms with Gasteiger partial charge in [0.15, 0.2) is 0 Å². The van der Waals surface area contributed by atoms with E-state index in [0.29, 0.717) is 18.9 Å². The molecule has 0 unspecified atom stereocenters. The zero-order chi connectivity index (χ0) is 18.4. The third-order valence-corrected chi connectivity index (χ3v) is 4.32. The van der Waals surface area contributed by atoms with Crippen LogP contribution in [0.2, 0.25) is 0 Å². The zero-order valence-electron chi connectivity index (χ0n) is 15.9. The molecule has 0 fully saturated rings. The van der Waals surface area contributed by atoms with Crippen LogP contribution < -0.4 is 10.1 Å². The summed E-state index contributed by atoms with van der Waals surface area (Å²) in [6.45, 7) is 8.76. The molecule has 0 aliphatic heterocycles. The Balaban J connectivity index is 2.34. The number of methoxy groups -OCH3 is 1. The van der Waals surface area contributed by atoms with E-state index in [1.165, 1.54) is 0 Å². The Hall–Kier alpha value is -2.07. The van der Waals surface area contributed by atoms with Gasteiger partial charge in [-0.1, -0.05) is 45.0 Å². The lowest BCUT2D eigenvalue weighted by Gasteiger charge is -2.28. The van der Waals surface area contributed by atoms with Gasteiger partial charge in [0, 0.05) is 23.6 Å². The number of carbonyl (C=O) groups is 1. The van der Waals surface area contributed by atoms with Crippen LogP contribution in [0.4, 0.5) is 5.69 Å². The lowest BCUT2D eigenvalue weighted by molar-refractivity contribution is -0.137. The Morgan fingerprint density at radius 1 is 1.16 bits per heavy atom. The standard InChI is InChI=1S/C21H29NO3/c1-6-13-25-19-12-11-18(16-9-7-8-10-17(16)19)22-20(23)21(4,24-5)14-15(2)3/h7-12,15H,6,13-14H2,1-5H3,(H,22,23)/t21-/m0/s1. The second-order valence-electron chi connectivity index (χ2n) is 6.99. The maximum absolute atomic E-state index is 12.8. The number of fused-ring (bicyclic) bond motifs is 1. The van der Waals surface area contributed by atoms with Gasteiger partial charge < -0.3 is 14.8 Å². The molecule has 4 heteroatoms. The van der Waals surface area contributed by atoms with E-state index in [1.54, 1.807) is 7.11 Å². The van der Waals surface area contributed by atoms with Gasteiger partial charge in [0.05, 0.1) is 6.61 Å². The number of anilines is 1. The predicted octanol–water partition coefficient (Wildman–Crippen LogP) is 5.02. The highest BCUT2D eigenvalue weighted by atomic mass is 16.5. The molecule has 0 spiro atoms. The van der Waals surface area contributed by atoms with Gasteiger partial charge in [0.25, 0.3) is 5.91 Å². The van der Waals surface area contributed by atoms with Crippen molar-refractivity contribution in [2.45, 2.75) is 46.1 Å². The van der Waals surface area contributed by atoms with Crippen LogP contribution >= 0.6 is 0 Å². The van der Waals surface area contributed by atoms with Crippen LogP contribution in [-0.4, -0.2) is 25.2 Å². The molecule has 2 aromatic carbocycles. The van der Waals surface area contributed by atoms with Crippen molar-refractivity contribution >= 4 is 22.4 Å². The van der Waals surface area contributed by atoms with Gasteiger partial charge in [-0.25, -0.2) is 0 Å². The first-order valence-electron chi connectivity index (χ1n) is 8.92. The molecule has 2 aromatic rings. The first kappa shape index (κ1) is 19.3. The van der Waals surface area contributed by atoms with Crippen LogP contribution in [-0.2, 0) is 9.53 Å². The smallest absolute Gasteiger partial charge is 0.256 e. The SMILES string of the molecule is CCCOc1ccc(NC(=O)[C@](C)(CC(C)C)OC)c2ccccc12. The Morgan fingerprint density at radius 3 is 2.44 bits per heavy atom. The first-order valence-corrected chi connectivity index (χ1v) is 8.92. The molecule has 25 heavy (non-hydrogen) atoms. The average Bonchev–Trinajstić information content (AvgIpc) is 2.60. The first-order chi connectivity index (χ1) is 11.9. The molecule has 0 heterocycles. The summed E-state index contributed by atoms with van der Waals surface area (Å²) in [5.74, 6) is 1.07. The van der Waals surface area contributed by atoms with Crippen molar-refractivity contribution in [2.75, 3.05) is 19.0 Å². The quantitative estimate of drug-likeness (QED) is 0.732. The molecule has 1 N–H and O–H groups in total. The highest BCUT2D eigenvalue weighted by Crippen LogP contribution is 2.33. The molecule has 4 nitrogen and oxygen atoms in total. The van der Waals surface area contributed by atoms with E-state index in [0.717, 1.165) is 28.6 Å². The number of carbonyl (C=O) groups excluding carboxylic acids is 1. The number of benzene rings is 2. The highest BCUT2D eigenvalue weighted by Gasteiger charge is 2.34. The van der Waals surface area contributed by atoms with Crippen molar-refractivity contribution in [3.8, 4) is 5.75 Å². The monoisotopic (exact) mass is 343 g/mol. The second kappa shape index (κ2) is 8.34. The maximum Gasteiger partial charge on any atom is 0.256 e. The number of rotatable bonds is 8. The largest absolute Gasteiger partial charge is 0.493 e. The molecule has 0 aliphatic rings. The second-order valence-corrected chi connectivity index (χ2v) is 6.99. The summed E-state index contributed by atoms with van der Waals surface area (Å²) in [7, 11) is 1.59. The minimum absolute atomic E-state index is 0.129. The Labute approximate surface area is 150 Å². The van der Waals surface area contributed by atoms with E-state index in [1.807, 2.05) is 43.3 Å². The minimum atomic E-state index is -0.855. The molecule has 1 amide bonds. The number of ether oxygens (including phenoxy) is 2. The summed E-state index contributed by atoms with van der Waals surface area (Å²) < 4.78 is 11.4. The van der Waals surface area contributed by atoms with Gasteiger partial charge in [0.2, 0.25) is 0 Å². The lowest BCUT2D eigenvalue weighted by Crippen LogP contribution is -2.43. The number of hydrogen-bond acceptors (Lipinski definition) is 3. The van der Waals surface area contributed by atoms with Crippen molar-refractivity contribution in [2.24, 2.45) is 5.92 Å². The summed E-state index contributed by atoms with van der Waals surface area (Å²) in [5.41, 5.74) is -0.0800. The summed E-state index contributed by atoms with van der Waals surface area (Å²) in [4.78, 5) is 12.8. The molecule has 0 radical (unpaired) electrons. The van der Waals surface area contributed by atoms with Crippen LogP contribution in [0.1, 0.15) is 40.5 Å². The topological polar surface area (TPSA) is 47.6 Å². The predicted molar refractivity (Wildman–Crippen MR) is 103 cm³/mol. The van der Waals surface area contributed by atoms with E-state index < -0.39 is 5.60 Å². The lowest BCUT2D eigenvalue weighted by atomic mass is 9.93. The maximum atomic E-state index is 12.8. The van der Waals surface area contributed by atoms with Crippen molar-refractivity contribution in [3.05, 3.63) is 36.4 Å². The Kier molecular flexibility index (Phi) is 6.43.